The average molecular weight is 312 g/mol. The molecule has 0 bridgehead atoms. The van der Waals surface area contributed by atoms with Crippen molar-refractivity contribution in [2.45, 2.75) is 12.6 Å². The van der Waals surface area contributed by atoms with E-state index in [1.165, 1.54) is 6.33 Å². The van der Waals surface area contributed by atoms with Gasteiger partial charge in [0.05, 0.1) is 41.3 Å². The topological polar surface area (TPSA) is 78.9 Å². The Labute approximate surface area is 113 Å². The monoisotopic (exact) mass is 311 g/mol. The molecule has 0 saturated heterocycles. The number of hydrogen-bond donors (Lipinski definition) is 1. The van der Waals surface area contributed by atoms with E-state index < -0.39 is 0 Å². The summed E-state index contributed by atoms with van der Waals surface area (Å²) >= 11 is 3.46. The van der Waals surface area contributed by atoms with Crippen LogP contribution in [0.2, 0.25) is 0 Å². The van der Waals surface area contributed by atoms with Gasteiger partial charge in [-0.1, -0.05) is 0 Å². The van der Waals surface area contributed by atoms with Gasteiger partial charge in [-0.05, 0) is 22.0 Å². The van der Waals surface area contributed by atoms with E-state index in [1.54, 1.807) is 25.6 Å². The van der Waals surface area contributed by atoms with Crippen molar-refractivity contribution in [3.8, 4) is 0 Å². The molecule has 2 aromatic heterocycles. The second-order valence-electron chi connectivity index (χ2n) is 3.71. The fraction of sp³-hybridized carbons (Fsp3) is 0.364. The summed E-state index contributed by atoms with van der Waals surface area (Å²) in [6.45, 7) is 1.23. The molecule has 0 aliphatic heterocycles. The number of halogens is 1. The number of aromatic nitrogens is 4. The van der Waals surface area contributed by atoms with Crippen LogP contribution in [0, 0.1) is 0 Å². The molecule has 96 valence electrons. The molecular weight excluding hydrogens is 298 g/mol. The zero-order valence-electron chi connectivity index (χ0n) is 9.95. The van der Waals surface area contributed by atoms with Crippen LogP contribution in [-0.2, 0) is 11.3 Å². The molecule has 2 N–H and O–H groups in total. The van der Waals surface area contributed by atoms with Crippen LogP contribution >= 0.6 is 15.9 Å². The Balaban J connectivity index is 2.29. The van der Waals surface area contributed by atoms with E-state index in [9.17, 15) is 0 Å². The lowest BCUT2D eigenvalue weighted by Gasteiger charge is -2.14. The molecule has 0 spiro atoms. The second kappa shape index (κ2) is 6.03. The Hall–Kier alpha value is -1.31. The molecule has 0 aromatic carbocycles. The number of nitrogens with two attached hydrogens (primary N) is 1. The van der Waals surface area contributed by atoms with E-state index in [2.05, 4.69) is 31.0 Å². The number of methoxy groups -OCH3 is 1. The molecule has 6 nitrogen and oxygen atoms in total. The van der Waals surface area contributed by atoms with Gasteiger partial charge in [0.25, 0.3) is 0 Å². The summed E-state index contributed by atoms with van der Waals surface area (Å²) in [6, 6.07) is 1.45. The van der Waals surface area contributed by atoms with E-state index >= 15 is 0 Å². The molecule has 0 aliphatic rings. The lowest BCUT2D eigenvalue weighted by atomic mass is 10.1. The Kier molecular flexibility index (Phi) is 4.40. The highest BCUT2D eigenvalue weighted by Crippen LogP contribution is 2.25. The van der Waals surface area contributed by atoms with Gasteiger partial charge in [-0.25, -0.2) is 9.97 Å². The molecule has 1 unspecified atom stereocenters. The first-order chi connectivity index (χ1) is 8.74. The first-order valence-corrected chi connectivity index (χ1v) is 6.25. The largest absolute Gasteiger partial charge is 0.383 e. The van der Waals surface area contributed by atoms with Crippen LogP contribution in [0.4, 0.5) is 0 Å². The summed E-state index contributed by atoms with van der Waals surface area (Å²) in [5.41, 5.74) is 7.85. The van der Waals surface area contributed by atoms with Crippen LogP contribution in [0.5, 0.6) is 0 Å². The van der Waals surface area contributed by atoms with Crippen LogP contribution in [0.15, 0.2) is 29.3 Å². The lowest BCUT2D eigenvalue weighted by molar-refractivity contribution is 0.182. The van der Waals surface area contributed by atoms with Gasteiger partial charge in [0.1, 0.15) is 6.33 Å². The van der Waals surface area contributed by atoms with Crippen LogP contribution in [0.25, 0.3) is 0 Å². The van der Waals surface area contributed by atoms with Crippen molar-refractivity contribution in [3.63, 3.8) is 0 Å². The van der Waals surface area contributed by atoms with Crippen molar-refractivity contribution in [2.24, 2.45) is 5.73 Å². The molecule has 7 heteroatoms. The highest BCUT2D eigenvalue weighted by Gasteiger charge is 2.19. The number of ether oxygens (including phenoxy) is 1. The summed E-state index contributed by atoms with van der Waals surface area (Å²) in [7, 11) is 1.66. The smallest absolute Gasteiger partial charge is 0.115 e. The summed E-state index contributed by atoms with van der Waals surface area (Å²) in [4.78, 5) is 8.05. The zero-order chi connectivity index (χ0) is 13.0. The molecule has 18 heavy (non-hydrogen) atoms. The molecule has 0 saturated carbocycles. The van der Waals surface area contributed by atoms with Gasteiger partial charge in [0, 0.05) is 13.3 Å². The van der Waals surface area contributed by atoms with Gasteiger partial charge in [0.2, 0.25) is 0 Å². The fourth-order valence-electron chi connectivity index (χ4n) is 1.66. The SMILES string of the molecule is COCCn1ncc(Br)c1C(N)c1ccncn1. The van der Waals surface area contributed by atoms with E-state index in [-0.39, 0.29) is 6.04 Å². The van der Waals surface area contributed by atoms with Crippen LogP contribution < -0.4 is 5.73 Å². The first kappa shape index (κ1) is 13.1. The second-order valence-corrected chi connectivity index (χ2v) is 4.56. The standard InChI is InChI=1S/C11H14BrN5O/c1-18-5-4-17-11(8(12)6-16-17)10(13)9-2-3-14-7-15-9/h2-3,6-7,10H,4-5,13H2,1H3. The molecule has 0 radical (unpaired) electrons. The fourth-order valence-corrected chi connectivity index (χ4v) is 2.20. The zero-order valence-corrected chi connectivity index (χ0v) is 11.5. The molecule has 0 amide bonds. The lowest BCUT2D eigenvalue weighted by Crippen LogP contribution is -2.20. The van der Waals surface area contributed by atoms with Gasteiger partial charge in [-0.3, -0.25) is 4.68 Å². The molecule has 2 aromatic rings. The third-order valence-electron chi connectivity index (χ3n) is 2.56. The van der Waals surface area contributed by atoms with Crippen molar-refractivity contribution in [2.75, 3.05) is 13.7 Å². The number of rotatable bonds is 5. The third kappa shape index (κ3) is 2.74. The summed E-state index contributed by atoms with van der Waals surface area (Å²) in [5.74, 6) is 0. The van der Waals surface area contributed by atoms with Gasteiger partial charge in [0.15, 0.2) is 0 Å². The molecule has 0 fully saturated rings. The van der Waals surface area contributed by atoms with Crippen molar-refractivity contribution < 1.29 is 4.74 Å². The Bertz CT molecular complexity index is 501. The molecule has 2 rings (SSSR count). The minimum atomic E-state index is -0.346. The summed E-state index contributed by atoms with van der Waals surface area (Å²) in [6.07, 6.45) is 4.89. The van der Waals surface area contributed by atoms with Crippen molar-refractivity contribution in [1.82, 2.24) is 19.7 Å². The highest BCUT2D eigenvalue weighted by atomic mass is 79.9. The Morgan fingerprint density at radius 3 is 3.06 bits per heavy atom. The van der Waals surface area contributed by atoms with Crippen LogP contribution in [0.3, 0.4) is 0 Å². The molecule has 1 atom stereocenters. The molecule has 2 heterocycles. The highest BCUT2D eigenvalue weighted by molar-refractivity contribution is 9.10. The Morgan fingerprint density at radius 1 is 1.56 bits per heavy atom. The minimum absolute atomic E-state index is 0.346. The maximum absolute atomic E-state index is 6.21. The minimum Gasteiger partial charge on any atom is -0.383 e. The van der Waals surface area contributed by atoms with Gasteiger partial charge in [-0.2, -0.15) is 5.10 Å². The van der Waals surface area contributed by atoms with Crippen molar-refractivity contribution in [1.29, 1.82) is 0 Å². The van der Waals surface area contributed by atoms with Gasteiger partial charge in [-0.15, -0.1) is 0 Å². The number of nitrogens with zero attached hydrogens (tertiary/aromatic N) is 4. The first-order valence-electron chi connectivity index (χ1n) is 5.45. The van der Waals surface area contributed by atoms with Gasteiger partial charge >= 0.3 is 0 Å². The predicted octanol–water partition coefficient (Wildman–Crippen LogP) is 1.13. The average Bonchev–Trinajstić information content (AvgIpc) is 2.77. The van der Waals surface area contributed by atoms with Crippen molar-refractivity contribution >= 4 is 15.9 Å². The van der Waals surface area contributed by atoms with E-state index in [1.807, 2.05) is 4.68 Å². The van der Waals surface area contributed by atoms with Crippen molar-refractivity contribution in [3.05, 3.63) is 40.6 Å². The normalized spacial score (nSPS) is 12.6. The quantitative estimate of drug-likeness (QED) is 0.895. The van der Waals surface area contributed by atoms with Crippen LogP contribution in [-0.4, -0.2) is 33.5 Å². The van der Waals surface area contributed by atoms with Gasteiger partial charge < -0.3 is 10.5 Å². The summed E-state index contributed by atoms with van der Waals surface area (Å²) in [5, 5.41) is 4.27. The number of hydrogen-bond acceptors (Lipinski definition) is 5. The summed E-state index contributed by atoms with van der Waals surface area (Å²) < 4.78 is 7.74. The van der Waals surface area contributed by atoms with E-state index in [0.717, 1.165) is 15.9 Å². The maximum Gasteiger partial charge on any atom is 0.115 e. The van der Waals surface area contributed by atoms with Crippen LogP contribution in [0.1, 0.15) is 17.4 Å². The van der Waals surface area contributed by atoms with E-state index in [4.69, 9.17) is 10.5 Å². The molecular formula is C11H14BrN5O. The maximum atomic E-state index is 6.21. The Morgan fingerprint density at radius 2 is 2.39 bits per heavy atom. The van der Waals surface area contributed by atoms with E-state index in [0.29, 0.717) is 13.2 Å². The predicted molar refractivity (Wildman–Crippen MR) is 69.9 cm³/mol. The third-order valence-corrected chi connectivity index (χ3v) is 3.17. The molecule has 0 aliphatic carbocycles.